The molecule has 0 aliphatic heterocycles. The molecule has 2 aromatic heterocycles. The Morgan fingerprint density at radius 1 is 1.18 bits per heavy atom. The van der Waals surface area contributed by atoms with Crippen LogP contribution in [0, 0.1) is 0 Å². The van der Waals surface area contributed by atoms with Crippen LogP contribution in [0.25, 0.3) is 0 Å². The molecule has 0 saturated heterocycles. The van der Waals surface area contributed by atoms with Gasteiger partial charge in [-0.1, -0.05) is 6.07 Å². The Kier molecular flexibility index (Phi) is 6.27. The average molecular weight is 316 g/mol. The predicted molar refractivity (Wildman–Crippen MR) is 88.1 cm³/mol. The van der Waals surface area contributed by atoms with Gasteiger partial charge in [-0.05, 0) is 42.0 Å². The van der Waals surface area contributed by atoms with E-state index in [0.29, 0.717) is 25.8 Å². The quantitative estimate of drug-likeness (QED) is 0.703. The highest BCUT2D eigenvalue weighted by molar-refractivity contribution is 7.12. The largest absolute Gasteiger partial charge is 0.345 e. The van der Waals surface area contributed by atoms with Gasteiger partial charge in [-0.2, -0.15) is 0 Å². The molecule has 116 valence electrons. The number of aromatic nitrogens is 1. The number of rotatable bonds is 8. The second kappa shape index (κ2) is 8.44. The molecular formula is C17H20N2O2S. The second-order valence-corrected chi connectivity index (χ2v) is 6.12. The van der Waals surface area contributed by atoms with E-state index in [0.717, 1.165) is 11.3 Å². The molecule has 0 N–H and O–H groups in total. The lowest BCUT2D eigenvalue weighted by atomic mass is 10.1. The first-order valence-electron chi connectivity index (χ1n) is 7.36. The fraction of sp³-hybridized carbons (Fsp3) is 0.353. The van der Waals surface area contributed by atoms with Crippen LogP contribution in [0.4, 0.5) is 0 Å². The Hall–Kier alpha value is -2.01. The van der Waals surface area contributed by atoms with Crippen LogP contribution in [-0.4, -0.2) is 35.2 Å². The fourth-order valence-corrected chi connectivity index (χ4v) is 2.82. The lowest BCUT2D eigenvalue weighted by Crippen LogP contribution is -2.28. The van der Waals surface area contributed by atoms with Gasteiger partial charge in [-0.25, -0.2) is 0 Å². The first kappa shape index (κ1) is 16.4. The highest BCUT2D eigenvalue weighted by Gasteiger charge is 2.11. The predicted octanol–water partition coefficient (Wildman–Crippen LogP) is 3.20. The van der Waals surface area contributed by atoms with Crippen molar-refractivity contribution in [2.45, 2.75) is 25.7 Å². The number of amides is 1. The highest BCUT2D eigenvalue weighted by Crippen LogP contribution is 2.13. The van der Waals surface area contributed by atoms with Crippen molar-refractivity contribution < 1.29 is 9.59 Å². The van der Waals surface area contributed by atoms with Gasteiger partial charge in [0.25, 0.3) is 0 Å². The number of Topliss-reactive ketones (excluding diaryl/α,β-unsaturated/α-hetero) is 1. The van der Waals surface area contributed by atoms with Crippen molar-refractivity contribution >= 4 is 23.0 Å². The van der Waals surface area contributed by atoms with Crippen LogP contribution in [0.5, 0.6) is 0 Å². The number of hydrogen-bond donors (Lipinski definition) is 0. The van der Waals surface area contributed by atoms with Gasteiger partial charge >= 0.3 is 0 Å². The molecular weight excluding hydrogens is 296 g/mol. The van der Waals surface area contributed by atoms with Crippen LogP contribution in [0.2, 0.25) is 0 Å². The van der Waals surface area contributed by atoms with Crippen LogP contribution in [0.1, 0.15) is 34.5 Å². The van der Waals surface area contributed by atoms with Gasteiger partial charge in [-0.3, -0.25) is 14.6 Å². The maximum absolute atomic E-state index is 12.0. The van der Waals surface area contributed by atoms with Gasteiger partial charge in [-0.15, -0.1) is 11.3 Å². The van der Waals surface area contributed by atoms with Crippen molar-refractivity contribution in [2.75, 3.05) is 13.6 Å². The summed E-state index contributed by atoms with van der Waals surface area (Å²) in [4.78, 5) is 30.4. The molecule has 5 heteroatoms. The number of ketones is 1. The number of carbonyl (C=O) groups is 2. The summed E-state index contributed by atoms with van der Waals surface area (Å²) in [5.41, 5.74) is 1.17. The maximum atomic E-state index is 12.0. The molecule has 0 aromatic carbocycles. The number of pyridine rings is 1. The van der Waals surface area contributed by atoms with E-state index < -0.39 is 0 Å². The van der Waals surface area contributed by atoms with E-state index in [1.165, 1.54) is 16.9 Å². The van der Waals surface area contributed by atoms with Gasteiger partial charge in [0.15, 0.2) is 5.78 Å². The molecule has 0 fully saturated rings. The third-order valence-electron chi connectivity index (χ3n) is 3.50. The summed E-state index contributed by atoms with van der Waals surface area (Å²) in [6.07, 6.45) is 5.79. The van der Waals surface area contributed by atoms with Gasteiger partial charge in [0.05, 0.1) is 4.88 Å². The Balaban J connectivity index is 1.67. The van der Waals surface area contributed by atoms with Gasteiger partial charge in [0, 0.05) is 38.8 Å². The van der Waals surface area contributed by atoms with Crippen LogP contribution in [0.15, 0.2) is 42.0 Å². The van der Waals surface area contributed by atoms with Crippen molar-refractivity contribution in [3.63, 3.8) is 0 Å². The normalized spacial score (nSPS) is 10.4. The smallest absolute Gasteiger partial charge is 0.222 e. The van der Waals surface area contributed by atoms with E-state index in [1.54, 1.807) is 17.3 Å². The first-order valence-corrected chi connectivity index (χ1v) is 8.24. The molecule has 4 nitrogen and oxygen atoms in total. The number of likely N-dealkylation sites (N-methyl/N-ethyl adjacent to an activating group) is 1. The number of thiophene rings is 1. The summed E-state index contributed by atoms with van der Waals surface area (Å²) in [7, 11) is 1.81. The van der Waals surface area contributed by atoms with Gasteiger partial charge < -0.3 is 4.90 Å². The summed E-state index contributed by atoms with van der Waals surface area (Å²) in [6, 6.07) is 7.61. The molecule has 0 aliphatic rings. The van der Waals surface area contributed by atoms with Crippen molar-refractivity contribution in [1.29, 1.82) is 0 Å². The molecule has 0 saturated carbocycles. The lowest BCUT2D eigenvalue weighted by Gasteiger charge is -2.17. The third kappa shape index (κ3) is 5.07. The number of nitrogens with zero attached hydrogens (tertiary/aromatic N) is 2. The fourth-order valence-electron chi connectivity index (χ4n) is 2.12. The Labute approximate surface area is 134 Å². The molecule has 22 heavy (non-hydrogen) atoms. The van der Waals surface area contributed by atoms with Crippen molar-refractivity contribution in [2.24, 2.45) is 0 Å². The molecule has 0 atom stereocenters. The first-order chi connectivity index (χ1) is 10.7. The molecule has 0 aliphatic carbocycles. The molecule has 2 heterocycles. The molecule has 2 rings (SSSR count). The van der Waals surface area contributed by atoms with Crippen LogP contribution < -0.4 is 0 Å². The summed E-state index contributed by atoms with van der Waals surface area (Å²) in [6.45, 7) is 0.682. The van der Waals surface area contributed by atoms with E-state index in [1.807, 2.05) is 36.7 Å². The van der Waals surface area contributed by atoms with E-state index in [9.17, 15) is 9.59 Å². The van der Waals surface area contributed by atoms with Crippen LogP contribution >= 0.6 is 11.3 Å². The molecule has 2 aromatic rings. The molecule has 0 bridgehead atoms. The summed E-state index contributed by atoms with van der Waals surface area (Å²) < 4.78 is 0. The average Bonchev–Trinajstić information content (AvgIpc) is 3.08. The van der Waals surface area contributed by atoms with E-state index in [-0.39, 0.29) is 11.7 Å². The summed E-state index contributed by atoms with van der Waals surface area (Å²) in [5, 5.41) is 1.89. The molecule has 0 spiro atoms. The molecule has 1 amide bonds. The van der Waals surface area contributed by atoms with E-state index in [4.69, 9.17) is 0 Å². The van der Waals surface area contributed by atoms with Crippen LogP contribution in [-0.2, 0) is 11.2 Å². The van der Waals surface area contributed by atoms with Crippen molar-refractivity contribution in [1.82, 2.24) is 9.88 Å². The monoisotopic (exact) mass is 316 g/mol. The van der Waals surface area contributed by atoms with Crippen LogP contribution in [0.3, 0.4) is 0 Å². The minimum absolute atomic E-state index is 0.0908. The zero-order valence-electron chi connectivity index (χ0n) is 12.7. The lowest BCUT2D eigenvalue weighted by molar-refractivity contribution is -0.129. The maximum Gasteiger partial charge on any atom is 0.222 e. The van der Waals surface area contributed by atoms with E-state index >= 15 is 0 Å². The molecule has 0 unspecified atom stereocenters. The Bertz CT molecular complexity index is 596. The zero-order valence-corrected chi connectivity index (χ0v) is 13.5. The highest BCUT2D eigenvalue weighted by atomic mass is 32.1. The summed E-state index contributed by atoms with van der Waals surface area (Å²) >= 11 is 1.45. The van der Waals surface area contributed by atoms with Gasteiger partial charge in [0.1, 0.15) is 0 Å². The van der Waals surface area contributed by atoms with Gasteiger partial charge in [0.2, 0.25) is 5.91 Å². The van der Waals surface area contributed by atoms with Crippen molar-refractivity contribution in [3.8, 4) is 0 Å². The second-order valence-electron chi connectivity index (χ2n) is 5.17. The minimum atomic E-state index is 0.0908. The number of carbonyl (C=O) groups excluding carboxylic acids is 2. The third-order valence-corrected chi connectivity index (χ3v) is 4.41. The standard InChI is InChI=1S/C17H20N2O2S/c1-19(12-9-14-7-10-18-11-8-14)17(21)6-2-4-15(20)16-5-3-13-22-16/h3,5,7-8,10-11,13H,2,4,6,9,12H2,1H3. The van der Waals surface area contributed by atoms with E-state index in [2.05, 4.69) is 4.98 Å². The summed E-state index contributed by atoms with van der Waals surface area (Å²) in [5.74, 6) is 0.218. The number of hydrogen-bond acceptors (Lipinski definition) is 4. The SMILES string of the molecule is CN(CCc1ccncc1)C(=O)CCCC(=O)c1cccs1. The Morgan fingerprint density at radius 2 is 1.95 bits per heavy atom. The zero-order chi connectivity index (χ0) is 15.8. The minimum Gasteiger partial charge on any atom is -0.345 e. The topological polar surface area (TPSA) is 50.3 Å². The molecule has 0 radical (unpaired) electrons. The Morgan fingerprint density at radius 3 is 2.64 bits per heavy atom. The van der Waals surface area contributed by atoms with Crippen molar-refractivity contribution in [3.05, 3.63) is 52.5 Å².